The van der Waals surface area contributed by atoms with Crippen LogP contribution in [0.3, 0.4) is 0 Å². The van der Waals surface area contributed by atoms with Crippen LogP contribution >= 0.6 is 0 Å². The summed E-state index contributed by atoms with van der Waals surface area (Å²) in [6.07, 6.45) is 10.1. The average molecular weight is 363 g/mol. The largest absolute Gasteiger partial charge is 0.463 e. The first-order valence-electron chi connectivity index (χ1n) is 10.3. The summed E-state index contributed by atoms with van der Waals surface area (Å²) >= 11 is 0. The molecule has 5 aliphatic carbocycles. The molecule has 5 unspecified atom stereocenters. The topological polar surface area (TPSA) is 66.8 Å². The molecule has 0 saturated heterocycles. The summed E-state index contributed by atoms with van der Waals surface area (Å²) in [6.45, 7) is 8.54. The Hall–Kier alpha value is -0.870. The Bertz CT molecular complexity index is 640. The van der Waals surface area contributed by atoms with E-state index >= 15 is 0 Å². The van der Waals surface area contributed by atoms with Crippen molar-refractivity contribution >= 4 is 5.97 Å². The van der Waals surface area contributed by atoms with Gasteiger partial charge in [0.25, 0.3) is 0 Å². The summed E-state index contributed by atoms with van der Waals surface area (Å²) < 4.78 is 5.19. The minimum Gasteiger partial charge on any atom is -0.463 e. The number of hydrogen-bond acceptors (Lipinski definition) is 4. The molecular weight excluding hydrogens is 328 g/mol. The number of carbonyl (C=O) groups is 1. The van der Waals surface area contributed by atoms with Gasteiger partial charge < -0.3 is 14.9 Å². The maximum atomic E-state index is 11.4. The second-order valence-electron chi connectivity index (χ2n) is 10.6. The van der Waals surface area contributed by atoms with E-state index in [2.05, 4.69) is 26.8 Å². The van der Waals surface area contributed by atoms with E-state index in [-0.39, 0.29) is 35.2 Å². The molecule has 0 aromatic rings. The second kappa shape index (κ2) is 5.57. The Morgan fingerprint density at radius 2 is 1.96 bits per heavy atom. The molecule has 0 aliphatic heterocycles. The molecule has 0 amide bonds. The lowest BCUT2D eigenvalue weighted by atomic mass is 9.36. The van der Waals surface area contributed by atoms with Crippen LogP contribution in [0, 0.1) is 34.0 Å². The fourth-order valence-electron chi connectivity index (χ4n) is 7.83. The third-order valence-electron chi connectivity index (χ3n) is 8.63. The molecule has 146 valence electrons. The fraction of sp³-hybridized carbons (Fsp3) is 0.864. The van der Waals surface area contributed by atoms with Crippen LogP contribution in [0.4, 0.5) is 0 Å². The first-order chi connectivity index (χ1) is 12.0. The Balaban J connectivity index is 1.71. The molecule has 2 N–H and O–H groups in total. The fourth-order valence-corrected chi connectivity index (χ4v) is 7.83. The molecule has 4 heteroatoms. The highest BCUT2D eigenvalue weighted by atomic mass is 16.5. The van der Waals surface area contributed by atoms with Crippen molar-refractivity contribution in [1.82, 2.24) is 0 Å². The van der Waals surface area contributed by atoms with Crippen molar-refractivity contribution in [3.63, 3.8) is 0 Å². The van der Waals surface area contributed by atoms with Crippen LogP contribution in [0.1, 0.15) is 66.2 Å². The van der Waals surface area contributed by atoms with E-state index in [0.29, 0.717) is 17.8 Å². The van der Waals surface area contributed by atoms with E-state index in [1.807, 2.05) is 6.08 Å². The predicted octanol–water partition coefficient (Wildman–Crippen LogP) is 3.46. The van der Waals surface area contributed by atoms with Gasteiger partial charge >= 0.3 is 5.97 Å². The van der Waals surface area contributed by atoms with Gasteiger partial charge in [0.1, 0.15) is 12.2 Å². The van der Waals surface area contributed by atoms with E-state index in [1.165, 1.54) is 19.8 Å². The first kappa shape index (κ1) is 18.5. The van der Waals surface area contributed by atoms with E-state index in [4.69, 9.17) is 4.74 Å². The lowest BCUT2D eigenvalue weighted by Gasteiger charge is -2.69. The van der Waals surface area contributed by atoms with Crippen molar-refractivity contribution in [2.75, 3.05) is 6.61 Å². The van der Waals surface area contributed by atoms with Gasteiger partial charge in [0.2, 0.25) is 0 Å². The zero-order valence-electron chi connectivity index (χ0n) is 16.6. The third kappa shape index (κ3) is 2.37. The average Bonchev–Trinajstić information content (AvgIpc) is 2.51. The van der Waals surface area contributed by atoms with Gasteiger partial charge in [-0.25, -0.2) is 0 Å². The molecule has 2 bridgehead atoms. The van der Waals surface area contributed by atoms with Crippen molar-refractivity contribution in [2.45, 2.75) is 77.9 Å². The molecule has 1 spiro atoms. The van der Waals surface area contributed by atoms with Crippen LogP contribution in [0.15, 0.2) is 12.2 Å². The predicted molar refractivity (Wildman–Crippen MR) is 99.2 cm³/mol. The molecule has 0 radical (unpaired) electrons. The number of allylic oxidation sites excluding steroid dienone is 1. The Kier molecular flexibility index (Phi) is 3.96. The summed E-state index contributed by atoms with van der Waals surface area (Å²) in [5.74, 6) is 0.0655. The molecular formula is C22H34O4. The highest BCUT2D eigenvalue weighted by Gasteiger charge is 2.68. The van der Waals surface area contributed by atoms with Crippen LogP contribution in [-0.2, 0) is 9.53 Å². The number of hydrogen-bond donors (Lipinski definition) is 2. The van der Waals surface area contributed by atoms with Crippen molar-refractivity contribution < 1.29 is 19.7 Å². The summed E-state index contributed by atoms with van der Waals surface area (Å²) in [5.41, 5.74) is -0.917. The molecule has 5 rings (SSSR count). The van der Waals surface area contributed by atoms with Gasteiger partial charge in [0.05, 0.1) is 6.10 Å². The highest BCUT2D eigenvalue weighted by Crippen LogP contribution is 2.71. The zero-order chi connectivity index (χ0) is 19.0. The first-order valence-corrected chi connectivity index (χ1v) is 10.3. The standard InChI is InChI=1S/C22H34O4/c1-14(23)26-13-22(25)12-21-10-6-15(22)17(24)18(21)20(4)9-5-8-19(2,3)16(20)7-11-21/h6,10,15-18,24-25H,5,7-9,11-13H2,1-4H3/t15?,16?,17?,18?,20-,21?,22-/m1/s1. The Morgan fingerprint density at radius 1 is 1.23 bits per heavy atom. The zero-order valence-corrected chi connectivity index (χ0v) is 16.6. The van der Waals surface area contributed by atoms with Gasteiger partial charge in [-0.05, 0) is 54.3 Å². The SMILES string of the molecule is CC(=O)OC[C@]1(O)CC23C=CC1C(O)C2[C@]1(C)CCCC(C)(C)C1CC3. The summed E-state index contributed by atoms with van der Waals surface area (Å²) in [4.78, 5) is 11.3. The lowest BCUT2D eigenvalue weighted by molar-refractivity contribution is -0.246. The van der Waals surface area contributed by atoms with Crippen molar-refractivity contribution in [2.24, 2.45) is 34.0 Å². The minimum absolute atomic E-state index is 0.0193. The number of aliphatic hydroxyl groups excluding tert-OH is 1. The number of rotatable bonds is 2. The van der Waals surface area contributed by atoms with E-state index < -0.39 is 11.7 Å². The van der Waals surface area contributed by atoms with Gasteiger partial charge in [-0.2, -0.15) is 0 Å². The second-order valence-corrected chi connectivity index (χ2v) is 10.6. The molecule has 5 aliphatic rings. The molecule has 0 aromatic carbocycles. The summed E-state index contributed by atoms with van der Waals surface area (Å²) in [5, 5.41) is 22.7. The number of fused-ring (bicyclic) bond motifs is 2. The van der Waals surface area contributed by atoms with Crippen LogP contribution in [0.25, 0.3) is 0 Å². The van der Waals surface area contributed by atoms with Gasteiger partial charge in [0, 0.05) is 18.8 Å². The molecule has 7 atom stereocenters. The van der Waals surface area contributed by atoms with Crippen LogP contribution in [0.5, 0.6) is 0 Å². The molecule has 0 heterocycles. The van der Waals surface area contributed by atoms with Crippen LogP contribution < -0.4 is 0 Å². The maximum Gasteiger partial charge on any atom is 0.302 e. The van der Waals surface area contributed by atoms with Gasteiger partial charge in [-0.3, -0.25) is 4.79 Å². The third-order valence-corrected chi connectivity index (χ3v) is 8.63. The number of aliphatic hydroxyl groups is 2. The van der Waals surface area contributed by atoms with E-state index in [1.54, 1.807) is 0 Å². The summed E-state index contributed by atoms with van der Waals surface area (Å²) in [7, 11) is 0. The monoisotopic (exact) mass is 362 g/mol. The Morgan fingerprint density at radius 3 is 2.65 bits per heavy atom. The normalized spacial score (nSPS) is 51.5. The molecule has 26 heavy (non-hydrogen) atoms. The molecule has 3 fully saturated rings. The van der Waals surface area contributed by atoms with Crippen molar-refractivity contribution in [3.05, 3.63) is 12.2 Å². The lowest BCUT2D eigenvalue weighted by Crippen LogP contribution is -2.69. The van der Waals surface area contributed by atoms with Gasteiger partial charge in [-0.15, -0.1) is 0 Å². The Labute approximate surface area is 157 Å². The maximum absolute atomic E-state index is 11.4. The van der Waals surface area contributed by atoms with Crippen molar-refractivity contribution in [3.8, 4) is 0 Å². The van der Waals surface area contributed by atoms with Gasteiger partial charge in [-0.1, -0.05) is 39.3 Å². The number of carbonyl (C=O) groups excluding carboxylic acids is 1. The van der Waals surface area contributed by atoms with Crippen molar-refractivity contribution in [1.29, 1.82) is 0 Å². The minimum atomic E-state index is -1.15. The molecule has 0 aromatic heterocycles. The van der Waals surface area contributed by atoms with E-state index in [9.17, 15) is 15.0 Å². The summed E-state index contributed by atoms with van der Waals surface area (Å²) in [6, 6.07) is 0. The van der Waals surface area contributed by atoms with Crippen LogP contribution in [0.2, 0.25) is 0 Å². The number of esters is 1. The van der Waals surface area contributed by atoms with Gasteiger partial charge in [0.15, 0.2) is 0 Å². The smallest absolute Gasteiger partial charge is 0.302 e. The molecule has 3 saturated carbocycles. The number of ether oxygens (including phenoxy) is 1. The molecule has 4 nitrogen and oxygen atoms in total. The van der Waals surface area contributed by atoms with Crippen LogP contribution in [-0.4, -0.2) is 34.5 Å². The van der Waals surface area contributed by atoms with E-state index in [0.717, 1.165) is 19.3 Å². The quantitative estimate of drug-likeness (QED) is 0.583. The highest BCUT2D eigenvalue weighted by molar-refractivity contribution is 5.66.